The van der Waals surface area contributed by atoms with Crippen molar-refractivity contribution in [2.45, 2.75) is 32.4 Å². The van der Waals surface area contributed by atoms with Crippen LogP contribution in [0.15, 0.2) is 42.5 Å². The molecule has 2 N–H and O–H groups in total. The quantitative estimate of drug-likeness (QED) is 0.853. The number of nitrogens with zero attached hydrogens (tertiary/aromatic N) is 1. The molecule has 1 fully saturated rings. The van der Waals surface area contributed by atoms with E-state index >= 15 is 0 Å². The second-order valence-electron chi connectivity index (χ2n) is 7.58. The first kappa shape index (κ1) is 18.3. The zero-order valence-electron chi connectivity index (χ0n) is 15.9. The van der Waals surface area contributed by atoms with E-state index < -0.39 is 11.9 Å². The van der Waals surface area contributed by atoms with E-state index in [4.69, 9.17) is 9.84 Å². The number of nitrogens with one attached hydrogen (secondary N) is 1. The van der Waals surface area contributed by atoms with Crippen molar-refractivity contribution in [3.8, 4) is 16.9 Å². The van der Waals surface area contributed by atoms with Gasteiger partial charge in [-0.15, -0.1) is 0 Å². The highest BCUT2D eigenvalue weighted by Crippen LogP contribution is 2.32. The predicted octanol–water partition coefficient (Wildman–Crippen LogP) is 3.29. The number of aliphatic carboxylic acids is 1. The van der Waals surface area contributed by atoms with Crippen molar-refractivity contribution >= 4 is 12.0 Å². The first-order valence-corrected chi connectivity index (χ1v) is 9.64. The molecule has 0 saturated carbocycles. The molecular weight excluding hydrogens is 356 g/mol. The highest BCUT2D eigenvalue weighted by molar-refractivity contribution is 5.77. The molecule has 2 aromatic rings. The van der Waals surface area contributed by atoms with Gasteiger partial charge in [-0.25, -0.2) is 4.79 Å². The van der Waals surface area contributed by atoms with E-state index in [9.17, 15) is 9.59 Å². The number of amides is 2. The fourth-order valence-electron chi connectivity index (χ4n) is 3.85. The summed E-state index contributed by atoms with van der Waals surface area (Å²) in [5.41, 5.74) is 4.53. The molecule has 6 nitrogen and oxygen atoms in total. The highest BCUT2D eigenvalue weighted by atomic mass is 16.5. The van der Waals surface area contributed by atoms with E-state index in [1.807, 2.05) is 18.2 Å². The van der Waals surface area contributed by atoms with Crippen LogP contribution < -0.4 is 10.1 Å². The van der Waals surface area contributed by atoms with Crippen molar-refractivity contribution in [1.29, 1.82) is 0 Å². The Kier molecular flexibility index (Phi) is 4.94. The van der Waals surface area contributed by atoms with Crippen molar-refractivity contribution < 1.29 is 19.4 Å². The number of urea groups is 1. The van der Waals surface area contributed by atoms with Gasteiger partial charge in [-0.3, -0.25) is 4.79 Å². The molecule has 2 amide bonds. The monoisotopic (exact) mass is 380 g/mol. The maximum atomic E-state index is 12.2. The van der Waals surface area contributed by atoms with Crippen molar-refractivity contribution in [3.05, 3.63) is 53.6 Å². The molecule has 0 bridgehead atoms. The van der Waals surface area contributed by atoms with Gasteiger partial charge in [0.15, 0.2) is 0 Å². The van der Waals surface area contributed by atoms with Gasteiger partial charge in [0.1, 0.15) is 11.9 Å². The Labute approximate surface area is 164 Å². The van der Waals surface area contributed by atoms with Gasteiger partial charge in [0, 0.05) is 26.1 Å². The number of fused-ring (bicyclic) bond motifs is 1. The molecule has 2 unspecified atom stereocenters. The molecule has 0 aromatic heterocycles. The number of likely N-dealkylation sites (tertiary alicyclic amines) is 1. The molecule has 0 radical (unpaired) electrons. The summed E-state index contributed by atoms with van der Waals surface area (Å²) in [5, 5.41) is 11.9. The lowest BCUT2D eigenvalue weighted by molar-refractivity contribution is -0.141. The van der Waals surface area contributed by atoms with E-state index in [1.54, 1.807) is 4.90 Å². The molecule has 2 aliphatic heterocycles. The van der Waals surface area contributed by atoms with Crippen LogP contribution in [0.25, 0.3) is 11.1 Å². The van der Waals surface area contributed by atoms with Crippen molar-refractivity contribution in [3.63, 3.8) is 0 Å². The average molecular weight is 380 g/mol. The van der Waals surface area contributed by atoms with Crippen LogP contribution in [0.5, 0.6) is 5.75 Å². The third-order valence-electron chi connectivity index (χ3n) is 5.45. The molecule has 146 valence electrons. The van der Waals surface area contributed by atoms with Crippen LogP contribution in [0.2, 0.25) is 0 Å². The molecule has 6 heteroatoms. The Morgan fingerprint density at radius 3 is 2.64 bits per heavy atom. The van der Waals surface area contributed by atoms with Crippen molar-refractivity contribution in [2.24, 2.45) is 5.92 Å². The number of rotatable bonds is 4. The second kappa shape index (κ2) is 7.54. The van der Waals surface area contributed by atoms with E-state index in [0.29, 0.717) is 19.5 Å². The largest absolute Gasteiger partial charge is 0.490 e. The average Bonchev–Trinajstić information content (AvgIpc) is 3.32. The maximum Gasteiger partial charge on any atom is 0.317 e. The van der Waals surface area contributed by atoms with Crippen molar-refractivity contribution in [1.82, 2.24) is 10.2 Å². The standard InChI is InChI=1S/C22H24N2O4/c1-14-10-19-11-17(6-7-20(19)28-14)16-4-2-15(3-5-16)12-23-22(27)24-9-8-18(13-24)21(25)26/h2-7,11,14,18H,8-10,12-13H2,1H3,(H,23,27)(H,25,26). The molecular formula is C22H24N2O4. The highest BCUT2D eigenvalue weighted by Gasteiger charge is 2.30. The molecule has 28 heavy (non-hydrogen) atoms. The lowest BCUT2D eigenvalue weighted by atomic mass is 10.00. The SMILES string of the molecule is CC1Cc2cc(-c3ccc(CNC(=O)N4CCC(C(=O)O)C4)cc3)ccc2O1. The Bertz CT molecular complexity index is 894. The molecule has 4 rings (SSSR count). The Hall–Kier alpha value is -3.02. The molecule has 2 atom stereocenters. The molecule has 0 aliphatic carbocycles. The lowest BCUT2D eigenvalue weighted by Crippen LogP contribution is -2.38. The number of benzene rings is 2. The van der Waals surface area contributed by atoms with Gasteiger partial charge in [0.05, 0.1) is 5.92 Å². The maximum absolute atomic E-state index is 12.2. The van der Waals surface area contributed by atoms with Crippen LogP contribution in [-0.2, 0) is 17.8 Å². The van der Waals surface area contributed by atoms with Crippen LogP contribution in [0, 0.1) is 5.92 Å². The number of carbonyl (C=O) groups excluding carboxylic acids is 1. The van der Waals surface area contributed by atoms with Gasteiger partial charge in [-0.1, -0.05) is 30.3 Å². The minimum absolute atomic E-state index is 0.208. The van der Waals surface area contributed by atoms with E-state index in [2.05, 4.69) is 36.5 Å². The first-order chi connectivity index (χ1) is 13.5. The topological polar surface area (TPSA) is 78.9 Å². The molecule has 2 aliphatic rings. The van der Waals surface area contributed by atoms with Gasteiger partial charge in [0.2, 0.25) is 0 Å². The summed E-state index contributed by atoms with van der Waals surface area (Å²) in [6.07, 6.45) is 1.69. The first-order valence-electron chi connectivity index (χ1n) is 9.64. The third kappa shape index (κ3) is 3.81. The van der Waals surface area contributed by atoms with E-state index in [-0.39, 0.29) is 18.7 Å². The summed E-state index contributed by atoms with van der Waals surface area (Å²) < 4.78 is 5.76. The Morgan fingerprint density at radius 2 is 1.93 bits per heavy atom. The fraction of sp³-hybridized carbons (Fsp3) is 0.364. The van der Waals surface area contributed by atoms with Gasteiger partial charge in [-0.05, 0) is 47.7 Å². The molecule has 1 saturated heterocycles. The van der Waals surface area contributed by atoms with Crippen LogP contribution >= 0.6 is 0 Å². The Morgan fingerprint density at radius 1 is 1.18 bits per heavy atom. The van der Waals surface area contributed by atoms with Crippen LogP contribution in [-0.4, -0.2) is 41.2 Å². The summed E-state index contributed by atoms with van der Waals surface area (Å²) in [6.45, 7) is 3.26. The van der Waals surface area contributed by atoms with Crippen LogP contribution in [0.3, 0.4) is 0 Å². The van der Waals surface area contributed by atoms with Crippen LogP contribution in [0.1, 0.15) is 24.5 Å². The zero-order valence-corrected chi connectivity index (χ0v) is 15.9. The minimum atomic E-state index is -0.835. The normalized spacial score (nSPS) is 20.5. The summed E-state index contributed by atoms with van der Waals surface area (Å²) in [7, 11) is 0. The lowest BCUT2D eigenvalue weighted by Gasteiger charge is -2.16. The molecule has 0 spiro atoms. The summed E-state index contributed by atoms with van der Waals surface area (Å²) in [5.74, 6) is -0.313. The van der Waals surface area contributed by atoms with Gasteiger partial charge < -0.3 is 20.1 Å². The second-order valence-corrected chi connectivity index (χ2v) is 7.58. The van der Waals surface area contributed by atoms with Gasteiger partial charge in [-0.2, -0.15) is 0 Å². The number of carbonyl (C=O) groups is 2. The number of carboxylic acids is 1. The summed E-state index contributed by atoms with van der Waals surface area (Å²) in [4.78, 5) is 24.8. The summed E-state index contributed by atoms with van der Waals surface area (Å²) in [6, 6.07) is 14.2. The fourth-order valence-corrected chi connectivity index (χ4v) is 3.85. The number of carboxylic acid groups (broad SMARTS) is 1. The third-order valence-corrected chi connectivity index (χ3v) is 5.45. The zero-order chi connectivity index (χ0) is 19.7. The Balaban J connectivity index is 1.35. The predicted molar refractivity (Wildman–Crippen MR) is 105 cm³/mol. The number of hydrogen-bond acceptors (Lipinski definition) is 3. The van der Waals surface area contributed by atoms with Gasteiger partial charge in [0.25, 0.3) is 0 Å². The molecule has 2 aromatic carbocycles. The smallest absolute Gasteiger partial charge is 0.317 e. The number of hydrogen-bond donors (Lipinski definition) is 2. The van der Waals surface area contributed by atoms with E-state index in [0.717, 1.165) is 28.9 Å². The van der Waals surface area contributed by atoms with E-state index in [1.165, 1.54) is 5.56 Å². The van der Waals surface area contributed by atoms with Crippen LogP contribution in [0.4, 0.5) is 4.79 Å². The number of ether oxygens (including phenoxy) is 1. The van der Waals surface area contributed by atoms with Gasteiger partial charge >= 0.3 is 12.0 Å². The summed E-state index contributed by atoms with van der Waals surface area (Å²) >= 11 is 0. The van der Waals surface area contributed by atoms with Crippen molar-refractivity contribution in [2.75, 3.05) is 13.1 Å². The minimum Gasteiger partial charge on any atom is -0.490 e. The molecule has 2 heterocycles.